The Morgan fingerprint density at radius 3 is 2.91 bits per heavy atom. The highest BCUT2D eigenvalue weighted by Gasteiger charge is 2.03. The molecule has 0 bridgehead atoms. The van der Waals surface area contributed by atoms with E-state index in [2.05, 4.69) is 4.98 Å². The molecule has 0 aliphatic carbocycles. The van der Waals surface area contributed by atoms with Crippen LogP contribution in [0.15, 0.2) is 12.3 Å². The summed E-state index contributed by atoms with van der Waals surface area (Å²) in [5.74, 6) is 0. The van der Waals surface area contributed by atoms with Gasteiger partial charge < -0.3 is 0 Å². The maximum atomic E-state index is 8.36. The number of rotatable bonds is 1. The van der Waals surface area contributed by atoms with Crippen molar-refractivity contribution < 1.29 is 0 Å². The molecule has 0 N–H and O–H groups in total. The summed E-state index contributed by atoms with van der Waals surface area (Å²) in [7, 11) is 0. The molecule has 56 valence electrons. The van der Waals surface area contributed by atoms with E-state index in [1.54, 1.807) is 6.07 Å². The Hall–Kier alpha value is -0.780. The van der Waals surface area contributed by atoms with Gasteiger partial charge in [-0.3, -0.25) is 0 Å². The molecule has 1 aromatic rings. The first-order valence-electron chi connectivity index (χ1n) is 2.91. The molecule has 0 unspecified atom stereocenters. The van der Waals surface area contributed by atoms with Crippen molar-refractivity contribution in [1.82, 2.24) is 4.98 Å². The summed E-state index contributed by atoms with van der Waals surface area (Å²) in [6, 6.07) is 3.66. The van der Waals surface area contributed by atoms with E-state index in [-0.39, 0.29) is 11.6 Å². The summed E-state index contributed by atoms with van der Waals surface area (Å²) in [5.41, 5.74) is 0.717. The van der Waals surface area contributed by atoms with Crippen LogP contribution >= 0.6 is 23.2 Å². The van der Waals surface area contributed by atoms with Gasteiger partial charge in [0.25, 0.3) is 0 Å². The predicted octanol–water partition coefficient (Wildman–Crippen LogP) is 2.45. The minimum atomic E-state index is 0.249. The van der Waals surface area contributed by atoms with Crippen LogP contribution in [0, 0.1) is 11.3 Å². The first-order chi connectivity index (χ1) is 5.25. The smallest absolute Gasteiger partial charge is 0.147 e. The maximum Gasteiger partial charge on any atom is 0.147 e. The van der Waals surface area contributed by atoms with Crippen molar-refractivity contribution in [1.29, 1.82) is 5.26 Å². The average molecular weight is 187 g/mol. The van der Waals surface area contributed by atoms with Gasteiger partial charge in [0, 0.05) is 6.20 Å². The number of nitriles is 1. The summed E-state index contributed by atoms with van der Waals surface area (Å²) in [5, 5.41) is 8.98. The quantitative estimate of drug-likeness (QED) is 0.633. The van der Waals surface area contributed by atoms with Gasteiger partial charge in [-0.2, -0.15) is 5.26 Å². The Balaban J connectivity index is 3.08. The largest absolute Gasteiger partial charge is 0.243 e. The molecule has 1 rings (SSSR count). The highest BCUT2D eigenvalue weighted by molar-refractivity contribution is 6.41. The van der Waals surface area contributed by atoms with E-state index in [4.69, 9.17) is 28.5 Å². The molecule has 1 heterocycles. The van der Waals surface area contributed by atoms with Gasteiger partial charge in [0.15, 0.2) is 0 Å². The molecule has 0 spiro atoms. The molecule has 1 aromatic heterocycles. The number of halogens is 2. The van der Waals surface area contributed by atoms with E-state index in [9.17, 15) is 0 Å². The minimum absolute atomic E-state index is 0.249. The second kappa shape index (κ2) is 3.56. The van der Waals surface area contributed by atoms with Crippen molar-refractivity contribution in [2.75, 3.05) is 0 Å². The van der Waals surface area contributed by atoms with Crippen LogP contribution in [0.4, 0.5) is 0 Å². The zero-order chi connectivity index (χ0) is 8.27. The average Bonchev–Trinajstić information content (AvgIpc) is 1.99. The van der Waals surface area contributed by atoms with Crippen molar-refractivity contribution in [3.8, 4) is 6.07 Å². The molecule has 0 saturated heterocycles. The van der Waals surface area contributed by atoms with Crippen LogP contribution in [0.5, 0.6) is 0 Å². The van der Waals surface area contributed by atoms with Crippen molar-refractivity contribution in [2.45, 2.75) is 6.42 Å². The zero-order valence-corrected chi connectivity index (χ0v) is 7.02. The van der Waals surface area contributed by atoms with Crippen molar-refractivity contribution in [3.63, 3.8) is 0 Å². The van der Waals surface area contributed by atoms with Gasteiger partial charge >= 0.3 is 0 Å². The summed E-state index contributed by atoms with van der Waals surface area (Å²) in [6.45, 7) is 0. The highest BCUT2D eigenvalue weighted by Crippen LogP contribution is 2.22. The Labute approximate surface area is 74.4 Å². The lowest BCUT2D eigenvalue weighted by atomic mass is 10.2. The summed E-state index contributed by atoms with van der Waals surface area (Å²) < 4.78 is 0. The fraction of sp³-hybridized carbons (Fsp3) is 0.143. The first kappa shape index (κ1) is 8.32. The molecule has 2 nitrogen and oxygen atoms in total. The lowest BCUT2D eigenvalue weighted by Gasteiger charge is -1.98. The van der Waals surface area contributed by atoms with E-state index >= 15 is 0 Å². The second-order valence-corrected chi connectivity index (χ2v) is 2.65. The van der Waals surface area contributed by atoms with E-state index in [1.165, 1.54) is 6.20 Å². The van der Waals surface area contributed by atoms with E-state index < -0.39 is 0 Å². The molecule has 0 aromatic carbocycles. The monoisotopic (exact) mass is 186 g/mol. The van der Waals surface area contributed by atoms with Gasteiger partial charge in [-0.1, -0.05) is 23.2 Å². The third-order valence-corrected chi connectivity index (χ3v) is 2.00. The molecule has 0 fully saturated rings. The zero-order valence-electron chi connectivity index (χ0n) is 5.51. The molecular weight excluding hydrogens is 183 g/mol. The van der Waals surface area contributed by atoms with Gasteiger partial charge in [-0.25, -0.2) is 4.98 Å². The number of hydrogen-bond acceptors (Lipinski definition) is 2. The lowest BCUT2D eigenvalue weighted by Crippen LogP contribution is -1.85. The van der Waals surface area contributed by atoms with Crippen LogP contribution in [0.2, 0.25) is 10.2 Å². The predicted molar refractivity (Wildman–Crippen MR) is 43.6 cm³/mol. The van der Waals surface area contributed by atoms with E-state index in [1.807, 2.05) is 6.07 Å². The summed E-state index contributed by atoms with van der Waals surface area (Å²) in [6.07, 6.45) is 1.79. The van der Waals surface area contributed by atoms with E-state index in [0.29, 0.717) is 10.6 Å². The molecule has 0 aliphatic rings. The molecule has 0 atom stereocenters. The number of pyridine rings is 1. The fourth-order valence-electron chi connectivity index (χ4n) is 0.677. The Morgan fingerprint density at radius 1 is 1.55 bits per heavy atom. The van der Waals surface area contributed by atoms with Crippen molar-refractivity contribution in [3.05, 3.63) is 28.0 Å². The normalized spacial score (nSPS) is 9.18. The van der Waals surface area contributed by atoms with Crippen LogP contribution in [0.25, 0.3) is 0 Å². The molecule has 0 radical (unpaired) electrons. The van der Waals surface area contributed by atoms with Crippen molar-refractivity contribution >= 4 is 23.2 Å². The second-order valence-electron chi connectivity index (χ2n) is 1.91. The Bertz CT molecular complexity index is 304. The summed E-state index contributed by atoms with van der Waals surface area (Å²) >= 11 is 11.3. The molecular formula is C7H4Cl2N2. The highest BCUT2D eigenvalue weighted by atomic mass is 35.5. The van der Waals surface area contributed by atoms with Gasteiger partial charge in [-0.05, 0) is 11.6 Å². The number of nitrogens with zero attached hydrogens (tertiary/aromatic N) is 2. The van der Waals surface area contributed by atoms with Gasteiger partial charge in [0.2, 0.25) is 0 Å². The fourth-order valence-corrected chi connectivity index (χ4v) is 1.03. The third kappa shape index (κ3) is 1.83. The van der Waals surface area contributed by atoms with Gasteiger partial charge in [-0.15, -0.1) is 0 Å². The molecule has 0 amide bonds. The lowest BCUT2D eigenvalue weighted by molar-refractivity contribution is 1.21. The third-order valence-electron chi connectivity index (χ3n) is 1.20. The van der Waals surface area contributed by atoms with Crippen molar-refractivity contribution in [2.24, 2.45) is 0 Å². The first-order valence-corrected chi connectivity index (χ1v) is 3.67. The summed E-state index contributed by atoms with van der Waals surface area (Å²) in [4.78, 5) is 3.75. The standard InChI is InChI=1S/C7H4Cl2N2/c8-6-5(1-3-10)2-4-11-7(6)9/h2,4H,1H2. The van der Waals surface area contributed by atoms with Crippen LogP contribution in [0.3, 0.4) is 0 Å². The van der Waals surface area contributed by atoms with Crippen LogP contribution in [0.1, 0.15) is 5.56 Å². The van der Waals surface area contributed by atoms with Crippen LogP contribution < -0.4 is 0 Å². The SMILES string of the molecule is N#CCc1ccnc(Cl)c1Cl. The van der Waals surface area contributed by atoms with Gasteiger partial charge in [0.1, 0.15) is 5.15 Å². The van der Waals surface area contributed by atoms with E-state index in [0.717, 1.165) is 0 Å². The van der Waals surface area contributed by atoms with Gasteiger partial charge in [0.05, 0.1) is 17.5 Å². The minimum Gasteiger partial charge on any atom is -0.243 e. The Morgan fingerprint density at radius 2 is 2.27 bits per heavy atom. The number of hydrogen-bond donors (Lipinski definition) is 0. The van der Waals surface area contributed by atoms with Crippen LogP contribution in [-0.2, 0) is 6.42 Å². The van der Waals surface area contributed by atoms with Crippen LogP contribution in [-0.4, -0.2) is 4.98 Å². The number of aromatic nitrogens is 1. The molecule has 0 saturated carbocycles. The maximum absolute atomic E-state index is 8.36. The molecule has 11 heavy (non-hydrogen) atoms. The topological polar surface area (TPSA) is 36.7 Å². The molecule has 4 heteroatoms. The Kier molecular flexibility index (Phi) is 2.70. The molecule has 0 aliphatic heterocycles.